The molecule has 12 rings (SSSR count). The van der Waals surface area contributed by atoms with Crippen LogP contribution in [0.2, 0.25) is 0 Å². The van der Waals surface area contributed by atoms with Gasteiger partial charge in [0.05, 0.1) is 22.1 Å². The zero-order chi connectivity index (χ0) is 36.0. The van der Waals surface area contributed by atoms with Crippen molar-refractivity contribution in [2.24, 2.45) is 0 Å². The Kier molecular flexibility index (Phi) is 6.34. The van der Waals surface area contributed by atoms with Crippen LogP contribution in [0.3, 0.4) is 0 Å². The van der Waals surface area contributed by atoms with Gasteiger partial charge < -0.3 is 4.57 Å². The first kappa shape index (κ1) is 30.1. The molecule has 3 nitrogen and oxygen atoms in total. The van der Waals surface area contributed by atoms with E-state index in [-0.39, 0.29) is 0 Å². The van der Waals surface area contributed by atoms with E-state index in [2.05, 4.69) is 168 Å². The molecular formula is C52H31N3. The standard InChI is InChI=1S/C52H31N3/c1-3-13-32(14-4-1)46-38-19-7-8-20-39(38)47(33-15-5-2-6-16-33)50-42-26-25-36(37-21-10-22-41(48(37)42)49(46)50)34-17-9-18-35(31-34)55-45-24-12-30-54-51(45)43-27-28-44-40(52(43)55)23-11-29-53-44/h1-31H. The molecule has 0 fully saturated rings. The molecule has 0 N–H and O–H groups in total. The maximum atomic E-state index is 4.87. The van der Waals surface area contributed by atoms with Gasteiger partial charge in [-0.25, -0.2) is 0 Å². The summed E-state index contributed by atoms with van der Waals surface area (Å²) in [6, 6.07) is 64.1. The third-order valence-electron chi connectivity index (χ3n) is 11.6. The topological polar surface area (TPSA) is 30.7 Å². The van der Waals surface area contributed by atoms with Crippen LogP contribution in [0.1, 0.15) is 0 Å². The Labute approximate surface area is 317 Å². The van der Waals surface area contributed by atoms with Crippen LogP contribution >= 0.6 is 0 Å². The van der Waals surface area contributed by atoms with Gasteiger partial charge in [-0.15, -0.1) is 0 Å². The smallest absolute Gasteiger partial charge is 0.0963 e. The molecule has 1 aliphatic carbocycles. The molecule has 0 saturated carbocycles. The summed E-state index contributed by atoms with van der Waals surface area (Å²) in [5.74, 6) is 0. The van der Waals surface area contributed by atoms with Gasteiger partial charge in [0, 0.05) is 28.9 Å². The van der Waals surface area contributed by atoms with Crippen molar-refractivity contribution in [2.75, 3.05) is 0 Å². The average molecular weight is 698 g/mol. The van der Waals surface area contributed by atoms with Crippen molar-refractivity contribution in [1.82, 2.24) is 14.5 Å². The number of rotatable bonds is 4. The molecule has 3 aromatic heterocycles. The molecule has 0 radical (unpaired) electrons. The minimum absolute atomic E-state index is 0.972. The Balaban J connectivity index is 1.14. The minimum atomic E-state index is 0.972. The van der Waals surface area contributed by atoms with E-state index in [4.69, 9.17) is 9.97 Å². The van der Waals surface area contributed by atoms with E-state index in [0.29, 0.717) is 0 Å². The van der Waals surface area contributed by atoms with Crippen LogP contribution < -0.4 is 0 Å². The van der Waals surface area contributed by atoms with Crippen LogP contribution in [-0.2, 0) is 0 Å². The van der Waals surface area contributed by atoms with Crippen LogP contribution in [0.25, 0.3) is 116 Å². The van der Waals surface area contributed by atoms with Crippen molar-refractivity contribution in [1.29, 1.82) is 0 Å². The molecule has 0 spiro atoms. The second kappa shape index (κ2) is 11.6. The zero-order valence-corrected chi connectivity index (χ0v) is 29.7. The van der Waals surface area contributed by atoms with E-state index < -0.39 is 0 Å². The van der Waals surface area contributed by atoms with Crippen molar-refractivity contribution in [3.63, 3.8) is 0 Å². The normalized spacial score (nSPS) is 12.0. The van der Waals surface area contributed by atoms with Gasteiger partial charge in [0.2, 0.25) is 0 Å². The Bertz CT molecular complexity index is 3270. The first-order valence-electron chi connectivity index (χ1n) is 18.8. The maximum absolute atomic E-state index is 4.87. The number of nitrogens with zero attached hydrogens (tertiary/aromatic N) is 3. The van der Waals surface area contributed by atoms with E-state index in [9.17, 15) is 0 Å². The fourth-order valence-corrected chi connectivity index (χ4v) is 9.42. The summed E-state index contributed by atoms with van der Waals surface area (Å²) in [6.45, 7) is 0. The van der Waals surface area contributed by atoms with Crippen molar-refractivity contribution >= 4 is 54.4 Å². The van der Waals surface area contributed by atoms with E-state index in [1.807, 2.05) is 24.5 Å². The predicted molar refractivity (Wildman–Crippen MR) is 230 cm³/mol. The molecule has 254 valence electrons. The van der Waals surface area contributed by atoms with Crippen LogP contribution in [0.4, 0.5) is 0 Å². The summed E-state index contributed by atoms with van der Waals surface area (Å²) in [5, 5.41) is 7.34. The monoisotopic (exact) mass is 697 g/mol. The number of hydrogen-bond acceptors (Lipinski definition) is 2. The SMILES string of the molecule is c1ccc(-c2c3c(c(-c4ccccc4)c4ccccc24)-c2ccc(-c4cccc(-n5c6cccnc6c6ccc7ncccc7c65)c4)c4cccc-3c24)cc1. The zero-order valence-electron chi connectivity index (χ0n) is 29.7. The van der Waals surface area contributed by atoms with Crippen molar-refractivity contribution in [3.05, 3.63) is 188 Å². The molecule has 11 aromatic rings. The van der Waals surface area contributed by atoms with Gasteiger partial charge in [0.1, 0.15) is 0 Å². The van der Waals surface area contributed by atoms with Crippen molar-refractivity contribution in [2.45, 2.75) is 0 Å². The lowest BCUT2D eigenvalue weighted by Crippen LogP contribution is -1.95. The lowest BCUT2D eigenvalue weighted by Gasteiger charge is -2.20. The van der Waals surface area contributed by atoms with Gasteiger partial charge in [-0.05, 0) is 126 Å². The number of aromatic nitrogens is 3. The highest BCUT2D eigenvalue weighted by Gasteiger charge is 2.31. The van der Waals surface area contributed by atoms with Crippen LogP contribution in [0, 0.1) is 0 Å². The first-order chi connectivity index (χ1) is 27.3. The Hall–Kier alpha value is -7.36. The molecule has 3 heteroatoms. The van der Waals surface area contributed by atoms with Gasteiger partial charge in [-0.3, -0.25) is 9.97 Å². The van der Waals surface area contributed by atoms with Crippen LogP contribution in [-0.4, -0.2) is 14.5 Å². The summed E-state index contributed by atoms with van der Waals surface area (Å²) in [6.07, 6.45) is 3.75. The van der Waals surface area contributed by atoms with Crippen LogP contribution in [0.15, 0.2) is 188 Å². The highest BCUT2D eigenvalue weighted by atomic mass is 15.0. The fourth-order valence-electron chi connectivity index (χ4n) is 9.42. The van der Waals surface area contributed by atoms with E-state index >= 15 is 0 Å². The largest absolute Gasteiger partial charge is 0.307 e. The van der Waals surface area contributed by atoms with Crippen molar-refractivity contribution < 1.29 is 0 Å². The molecule has 3 heterocycles. The molecular weight excluding hydrogens is 667 g/mol. The van der Waals surface area contributed by atoms with Crippen molar-refractivity contribution in [3.8, 4) is 61.3 Å². The van der Waals surface area contributed by atoms with E-state index in [1.54, 1.807) is 0 Å². The van der Waals surface area contributed by atoms with Gasteiger partial charge >= 0.3 is 0 Å². The fraction of sp³-hybridized carbons (Fsp3) is 0. The molecule has 0 atom stereocenters. The summed E-state index contributed by atoms with van der Waals surface area (Å²) in [7, 11) is 0. The van der Waals surface area contributed by atoms with Gasteiger partial charge in [0.25, 0.3) is 0 Å². The Morgan fingerprint density at radius 3 is 1.73 bits per heavy atom. The van der Waals surface area contributed by atoms with E-state index in [0.717, 1.165) is 38.5 Å². The molecule has 0 aliphatic heterocycles. The number of fused-ring (bicyclic) bond motifs is 9. The lowest BCUT2D eigenvalue weighted by molar-refractivity contribution is 1.18. The molecule has 0 amide bonds. The molecule has 55 heavy (non-hydrogen) atoms. The molecule has 1 aliphatic rings. The quantitative estimate of drug-likeness (QED) is 0.183. The Morgan fingerprint density at radius 2 is 0.964 bits per heavy atom. The third-order valence-corrected chi connectivity index (χ3v) is 11.6. The van der Waals surface area contributed by atoms with Crippen LogP contribution in [0.5, 0.6) is 0 Å². The van der Waals surface area contributed by atoms with Gasteiger partial charge in [-0.1, -0.05) is 127 Å². The first-order valence-corrected chi connectivity index (χ1v) is 18.8. The highest BCUT2D eigenvalue weighted by Crippen LogP contribution is 2.58. The average Bonchev–Trinajstić information content (AvgIpc) is 3.78. The second-order valence-corrected chi connectivity index (χ2v) is 14.5. The molecule has 0 unspecified atom stereocenters. The minimum Gasteiger partial charge on any atom is -0.307 e. The molecule has 0 saturated heterocycles. The molecule has 0 bridgehead atoms. The number of pyridine rings is 2. The summed E-state index contributed by atoms with van der Waals surface area (Å²) >= 11 is 0. The van der Waals surface area contributed by atoms with Gasteiger partial charge in [0.15, 0.2) is 0 Å². The summed E-state index contributed by atoms with van der Waals surface area (Å²) < 4.78 is 2.37. The second-order valence-electron chi connectivity index (χ2n) is 14.5. The predicted octanol–water partition coefficient (Wildman–Crippen LogP) is 13.7. The summed E-state index contributed by atoms with van der Waals surface area (Å²) in [5.41, 5.74) is 17.9. The number of benzene rings is 8. The maximum Gasteiger partial charge on any atom is 0.0963 e. The van der Waals surface area contributed by atoms with Gasteiger partial charge in [-0.2, -0.15) is 0 Å². The Morgan fingerprint density at radius 1 is 0.364 bits per heavy atom. The summed E-state index contributed by atoms with van der Waals surface area (Å²) in [4.78, 5) is 9.58. The number of hydrogen-bond donors (Lipinski definition) is 0. The lowest BCUT2D eigenvalue weighted by atomic mass is 9.82. The highest BCUT2D eigenvalue weighted by molar-refractivity contribution is 6.29. The third kappa shape index (κ3) is 4.26. The van der Waals surface area contributed by atoms with E-state index in [1.165, 1.54) is 77.2 Å². The molecule has 8 aromatic carbocycles.